The molecule has 0 aliphatic heterocycles. The van der Waals surface area contributed by atoms with Crippen molar-refractivity contribution in [3.05, 3.63) is 66.8 Å². The average molecular weight is 270 g/mol. The Hall–Kier alpha value is -2.16. The van der Waals surface area contributed by atoms with Crippen LogP contribution in [0.2, 0.25) is 0 Å². The van der Waals surface area contributed by atoms with Gasteiger partial charge in [-0.05, 0) is 25.8 Å². The second-order valence-electron chi connectivity index (χ2n) is 4.85. The Morgan fingerprint density at radius 2 is 2.10 bits per heavy atom. The average Bonchev–Trinajstić information content (AvgIpc) is 2.88. The summed E-state index contributed by atoms with van der Waals surface area (Å²) in [5, 5.41) is 0. The first kappa shape index (κ1) is 15.9. The molecule has 0 saturated heterocycles. The van der Waals surface area contributed by atoms with Gasteiger partial charge in [0, 0.05) is 18.8 Å². The first-order valence-corrected chi connectivity index (χ1v) is 6.72. The van der Waals surface area contributed by atoms with Gasteiger partial charge in [0.15, 0.2) is 5.78 Å². The Morgan fingerprint density at radius 3 is 2.70 bits per heavy atom. The van der Waals surface area contributed by atoms with Crippen LogP contribution in [-0.4, -0.2) is 15.3 Å². The Kier molecular flexibility index (Phi) is 7.04. The lowest BCUT2D eigenvalue weighted by Gasteiger charge is -2.03. The van der Waals surface area contributed by atoms with E-state index in [2.05, 4.69) is 25.4 Å². The number of hydrogen-bond donors (Lipinski definition) is 0. The Balaban J connectivity index is 2.48. The van der Waals surface area contributed by atoms with Gasteiger partial charge in [-0.15, -0.1) is 0 Å². The summed E-state index contributed by atoms with van der Waals surface area (Å²) in [6.45, 7) is 8.20. The predicted molar refractivity (Wildman–Crippen MR) is 83.3 cm³/mol. The van der Waals surface area contributed by atoms with Crippen LogP contribution in [-0.2, 0) is 11.3 Å². The number of carbonyl (C=O) groups excluding carboxylic acids is 1. The van der Waals surface area contributed by atoms with E-state index in [1.54, 1.807) is 29.4 Å². The summed E-state index contributed by atoms with van der Waals surface area (Å²) >= 11 is 0. The maximum absolute atomic E-state index is 11.9. The van der Waals surface area contributed by atoms with E-state index < -0.39 is 0 Å². The largest absolute Gasteiger partial charge is 0.330 e. The van der Waals surface area contributed by atoms with Crippen LogP contribution in [0.3, 0.4) is 0 Å². The van der Waals surface area contributed by atoms with E-state index in [-0.39, 0.29) is 5.78 Å². The smallest absolute Gasteiger partial charge is 0.152 e. The van der Waals surface area contributed by atoms with E-state index in [0.29, 0.717) is 13.0 Å². The van der Waals surface area contributed by atoms with Gasteiger partial charge in [0.05, 0.1) is 12.9 Å². The minimum absolute atomic E-state index is 0.202. The zero-order valence-electron chi connectivity index (χ0n) is 12.2. The fraction of sp³-hybridized carbons (Fsp3) is 0.294. The SMILES string of the molecule is C=C/C=C(\C=C/C=C(C)C)CCC(=O)Cn1ccnc1. The molecule has 1 aromatic heterocycles. The van der Waals surface area contributed by atoms with Crippen LogP contribution in [0.5, 0.6) is 0 Å². The molecule has 0 unspecified atom stereocenters. The third-order valence-corrected chi connectivity index (χ3v) is 2.68. The van der Waals surface area contributed by atoms with Crippen LogP contribution in [0.1, 0.15) is 26.7 Å². The van der Waals surface area contributed by atoms with Gasteiger partial charge >= 0.3 is 0 Å². The normalized spacial score (nSPS) is 11.6. The number of carbonyl (C=O) groups is 1. The predicted octanol–water partition coefficient (Wildman–Crippen LogP) is 3.87. The lowest BCUT2D eigenvalue weighted by Crippen LogP contribution is -2.08. The summed E-state index contributed by atoms with van der Waals surface area (Å²) in [7, 11) is 0. The second kappa shape index (κ2) is 8.86. The van der Waals surface area contributed by atoms with Crippen LogP contribution < -0.4 is 0 Å². The minimum atomic E-state index is 0.202. The molecule has 20 heavy (non-hydrogen) atoms. The van der Waals surface area contributed by atoms with Crippen molar-refractivity contribution in [3.8, 4) is 0 Å². The van der Waals surface area contributed by atoms with Crippen LogP contribution in [0.15, 0.2) is 66.8 Å². The number of imidazole rings is 1. The summed E-state index contributed by atoms with van der Waals surface area (Å²) in [6, 6.07) is 0. The van der Waals surface area contributed by atoms with Gasteiger partial charge in [-0.1, -0.05) is 42.5 Å². The third kappa shape index (κ3) is 6.69. The highest BCUT2D eigenvalue weighted by Crippen LogP contribution is 2.09. The number of hydrogen-bond acceptors (Lipinski definition) is 2. The van der Waals surface area contributed by atoms with Crippen molar-refractivity contribution in [1.29, 1.82) is 0 Å². The maximum Gasteiger partial charge on any atom is 0.152 e. The van der Waals surface area contributed by atoms with Gasteiger partial charge in [0.2, 0.25) is 0 Å². The van der Waals surface area contributed by atoms with Crippen molar-refractivity contribution in [2.24, 2.45) is 0 Å². The number of Topliss-reactive ketones (excluding diaryl/α,β-unsaturated/α-hetero) is 1. The van der Waals surface area contributed by atoms with E-state index in [1.165, 1.54) is 5.57 Å². The zero-order chi connectivity index (χ0) is 14.8. The third-order valence-electron chi connectivity index (χ3n) is 2.68. The molecule has 106 valence electrons. The van der Waals surface area contributed by atoms with Gasteiger partial charge in [0.25, 0.3) is 0 Å². The van der Waals surface area contributed by atoms with Crippen molar-refractivity contribution in [2.45, 2.75) is 33.2 Å². The minimum Gasteiger partial charge on any atom is -0.330 e. The Bertz CT molecular complexity index is 515. The monoisotopic (exact) mass is 270 g/mol. The maximum atomic E-state index is 11.9. The molecule has 1 heterocycles. The quantitative estimate of drug-likeness (QED) is 0.672. The molecule has 1 aromatic rings. The summed E-state index contributed by atoms with van der Waals surface area (Å²) in [6.07, 6.45) is 16.2. The number of rotatable bonds is 8. The van der Waals surface area contributed by atoms with E-state index in [0.717, 1.165) is 12.0 Å². The Labute approximate surface area is 121 Å². The molecular formula is C17H22N2O. The van der Waals surface area contributed by atoms with Crippen LogP contribution >= 0.6 is 0 Å². The lowest BCUT2D eigenvalue weighted by atomic mass is 10.1. The molecule has 3 heteroatoms. The molecule has 0 aliphatic rings. The zero-order valence-corrected chi connectivity index (χ0v) is 12.2. The van der Waals surface area contributed by atoms with Gasteiger partial charge in [-0.25, -0.2) is 4.98 Å². The molecule has 0 spiro atoms. The molecule has 0 N–H and O–H groups in total. The number of ketones is 1. The van der Waals surface area contributed by atoms with Crippen molar-refractivity contribution >= 4 is 5.78 Å². The highest BCUT2D eigenvalue weighted by atomic mass is 16.1. The molecule has 1 rings (SSSR count). The van der Waals surface area contributed by atoms with Crippen molar-refractivity contribution in [3.63, 3.8) is 0 Å². The molecular weight excluding hydrogens is 248 g/mol. The van der Waals surface area contributed by atoms with Gasteiger partial charge in [0.1, 0.15) is 0 Å². The van der Waals surface area contributed by atoms with Gasteiger partial charge in [-0.3, -0.25) is 4.79 Å². The van der Waals surface area contributed by atoms with Gasteiger partial charge in [-0.2, -0.15) is 0 Å². The van der Waals surface area contributed by atoms with Crippen LogP contribution in [0, 0.1) is 0 Å². The van der Waals surface area contributed by atoms with Crippen molar-refractivity contribution in [1.82, 2.24) is 9.55 Å². The second-order valence-corrected chi connectivity index (χ2v) is 4.85. The molecule has 0 fully saturated rings. The van der Waals surface area contributed by atoms with Crippen molar-refractivity contribution < 1.29 is 4.79 Å². The molecule has 0 aromatic carbocycles. The van der Waals surface area contributed by atoms with Gasteiger partial charge < -0.3 is 4.57 Å². The summed E-state index contributed by atoms with van der Waals surface area (Å²) < 4.78 is 1.79. The highest BCUT2D eigenvalue weighted by molar-refractivity contribution is 5.78. The summed E-state index contributed by atoms with van der Waals surface area (Å²) in [5.41, 5.74) is 2.35. The van der Waals surface area contributed by atoms with E-state index in [1.807, 2.05) is 24.3 Å². The Morgan fingerprint density at radius 1 is 1.30 bits per heavy atom. The summed E-state index contributed by atoms with van der Waals surface area (Å²) in [5.74, 6) is 0.202. The summed E-state index contributed by atoms with van der Waals surface area (Å²) in [4.78, 5) is 15.8. The van der Waals surface area contributed by atoms with Crippen LogP contribution in [0.25, 0.3) is 0 Å². The molecule has 0 bridgehead atoms. The fourth-order valence-electron chi connectivity index (χ4n) is 1.68. The first-order chi connectivity index (χ1) is 9.61. The van der Waals surface area contributed by atoms with E-state index in [9.17, 15) is 4.79 Å². The van der Waals surface area contributed by atoms with Crippen molar-refractivity contribution in [2.75, 3.05) is 0 Å². The first-order valence-electron chi connectivity index (χ1n) is 6.72. The fourth-order valence-corrected chi connectivity index (χ4v) is 1.68. The molecule has 0 atom stereocenters. The van der Waals surface area contributed by atoms with Crippen LogP contribution in [0.4, 0.5) is 0 Å². The lowest BCUT2D eigenvalue weighted by molar-refractivity contribution is -0.119. The molecule has 0 aliphatic carbocycles. The molecule has 0 saturated carbocycles. The topological polar surface area (TPSA) is 34.9 Å². The number of allylic oxidation sites excluding steroid dienone is 7. The molecule has 0 radical (unpaired) electrons. The highest BCUT2D eigenvalue weighted by Gasteiger charge is 2.03. The molecule has 0 amide bonds. The number of nitrogens with zero attached hydrogens (tertiary/aromatic N) is 2. The standard InChI is InChI=1S/C17H22N2O/c1-4-6-16(8-5-7-15(2)3)9-10-17(20)13-19-12-11-18-14-19/h4-8,11-12,14H,1,9-10,13H2,2-3H3/b8-5-,16-6+. The molecule has 3 nitrogen and oxygen atoms in total. The van der Waals surface area contributed by atoms with E-state index in [4.69, 9.17) is 0 Å². The van der Waals surface area contributed by atoms with E-state index >= 15 is 0 Å². The number of aromatic nitrogens is 2.